The van der Waals surface area contributed by atoms with Crippen LogP contribution in [0, 0.1) is 0 Å². The molecule has 0 aromatic heterocycles. The van der Waals surface area contributed by atoms with Gasteiger partial charge in [0.15, 0.2) is 5.76 Å². The van der Waals surface area contributed by atoms with Gasteiger partial charge in [-0.1, -0.05) is 0 Å². The van der Waals surface area contributed by atoms with Crippen LogP contribution in [0.2, 0.25) is 0 Å². The molecule has 4 aliphatic rings. The lowest BCUT2D eigenvalue weighted by Crippen LogP contribution is -2.64. The molecule has 0 radical (unpaired) electrons. The monoisotopic (exact) mass is 317 g/mol. The smallest absolute Gasteiger partial charge is 0.338 e. The zero-order valence-corrected chi connectivity index (χ0v) is 14.0. The summed E-state index contributed by atoms with van der Waals surface area (Å²) in [7, 11) is 1.54. The molecule has 2 fully saturated rings. The molecule has 2 atom stereocenters. The van der Waals surface area contributed by atoms with E-state index in [-0.39, 0.29) is 5.78 Å². The molecule has 0 amide bonds. The number of hydrogen-bond donors (Lipinski definition) is 0. The molecule has 0 N–H and O–H groups in total. The van der Waals surface area contributed by atoms with Crippen molar-refractivity contribution in [3.8, 4) is 0 Å². The maximum Gasteiger partial charge on any atom is 0.338 e. The van der Waals surface area contributed by atoms with Crippen molar-refractivity contribution in [3.63, 3.8) is 0 Å². The van der Waals surface area contributed by atoms with Crippen molar-refractivity contribution >= 4 is 11.8 Å². The first-order valence-corrected chi connectivity index (χ1v) is 8.49. The molecule has 3 aliphatic heterocycles. The largest absolute Gasteiger partial charge is 0.496 e. The first-order valence-electron chi connectivity index (χ1n) is 8.49. The quantitative estimate of drug-likeness (QED) is 0.693. The molecule has 0 unspecified atom stereocenters. The summed E-state index contributed by atoms with van der Waals surface area (Å²) in [5.74, 6) is -0.0753. The lowest BCUT2D eigenvalue weighted by molar-refractivity contribution is -0.166. The third-order valence-corrected chi connectivity index (χ3v) is 6.22. The molecule has 0 aromatic carbocycles. The Kier molecular flexibility index (Phi) is 3.05. The van der Waals surface area contributed by atoms with Gasteiger partial charge in [-0.05, 0) is 70.2 Å². The second-order valence-corrected chi connectivity index (χ2v) is 7.07. The summed E-state index contributed by atoms with van der Waals surface area (Å²) in [4.78, 5) is 28.1. The van der Waals surface area contributed by atoms with Crippen LogP contribution in [0.1, 0.15) is 46.0 Å². The minimum atomic E-state index is -1.29. The van der Waals surface area contributed by atoms with Gasteiger partial charge in [0, 0.05) is 0 Å². The SMILES string of the molecule is COC1=C(C)C(=O)O[C@@]12C(=O)C(C)=C1CCCCN3CCC[C@]132. The van der Waals surface area contributed by atoms with Gasteiger partial charge in [0.25, 0.3) is 5.60 Å². The molecule has 124 valence electrons. The second-order valence-electron chi connectivity index (χ2n) is 7.07. The fraction of sp³-hybridized carbons (Fsp3) is 0.667. The van der Waals surface area contributed by atoms with Gasteiger partial charge in [0.1, 0.15) is 0 Å². The van der Waals surface area contributed by atoms with Crippen LogP contribution in [0.25, 0.3) is 0 Å². The van der Waals surface area contributed by atoms with Crippen molar-refractivity contribution in [2.75, 3.05) is 20.2 Å². The third kappa shape index (κ3) is 1.47. The average Bonchev–Trinajstić information content (AvgIpc) is 3.06. The number of hydrogen-bond acceptors (Lipinski definition) is 5. The van der Waals surface area contributed by atoms with Crippen LogP contribution in [-0.4, -0.2) is 48.0 Å². The van der Waals surface area contributed by atoms with Crippen LogP contribution in [-0.2, 0) is 19.1 Å². The molecule has 0 bridgehead atoms. The molecule has 4 rings (SSSR count). The topological polar surface area (TPSA) is 55.8 Å². The van der Waals surface area contributed by atoms with Gasteiger partial charge in [-0.15, -0.1) is 0 Å². The van der Waals surface area contributed by atoms with Gasteiger partial charge >= 0.3 is 5.97 Å². The van der Waals surface area contributed by atoms with Gasteiger partial charge in [0.2, 0.25) is 5.78 Å². The molecule has 0 saturated carbocycles. The Labute approximate surface area is 136 Å². The van der Waals surface area contributed by atoms with E-state index in [4.69, 9.17) is 9.47 Å². The Morgan fingerprint density at radius 2 is 1.83 bits per heavy atom. The van der Waals surface area contributed by atoms with Gasteiger partial charge in [-0.2, -0.15) is 0 Å². The van der Waals surface area contributed by atoms with E-state index in [0.717, 1.165) is 50.8 Å². The molecular formula is C18H23NO4. The van der Waals surface area contributed by atoms with Crippen LogP contribution in [0.3, 0.4) is 0 Å². The van der Waals surface area contributed by atoms with E-state index in [1.165, 1.54) is 12.7 Å². The summed E-state index contributed by atoms with van der Waals surface area (Å²) < 4.78 is 11.5. The predicted octanol–water partition coefficient (Wildman–Crippen LogP) is 2.12. The Morgan fingerprint density at radius 1 is 1.09 bits per heavy atom. The number of methoxy groups -OCH3 is 1. The lowest BCUT2D eigenvalue weighted by atomic mass is 9.73. The number of esters is 1. The molecule has 2 spiro atoms. The predicted molar refractivity (Wildman–Crippen MR) is 83.6 cm³/mol. The van der Waals surface area contributed by atoms with Gasteiger partial charge in [-0.3, -0.25) is 9.69 Å². The zero-order valence-electron chi connectivity index (χ0n) is 14.0. The number of nitrogens with zero attached hydrogens (tertiary/aromatic N) is 1. The summed E-state index contributed by atoms with van der Waals surface area (Å²) in [6, 6.07) is 0. The number of ketones is 1. The molecule has 5 heteroatoms. The van der Waals surface area contributed by atoms with Gasteiger partial charge < -0.3 is 9.47 Å². The highest BCUT2D eigenvalue weighted by molar-refractivity contribution is 6.14. The summed E-state index contributed by atoms with van der Waals surface area (Å²) in [5, 5.41) is 0. The van der Waals surface area contributed by atoms with Crippen molar-refractivity contribution in [3.05, 3.63) is 22.5 Å². The van der Waals surface area contributed by atoms with Crippen molar-refractivity contribution in [2.24, 2.45) is 0 Å². The summed E-state index contributed by atoms with van der Waals surface area (Å²) in [6.45, 7) is 5.48. The van der Waals surface area contributed by atoms with Crippen molar-refractivity contribution in [2.45, 2.75) is 57.1 Å². The van der Waals surface area contributed by atoms with Crippen LogP contribution in [0.5, 0.6) is 0 Å². The number of rotatable bonds is 1. The zero-order chi connectivity index (χ0) is 16.4. The van der Waals surface area contributed by atoms with Crippen molar-refractivity contribution in [1.29, 1.82) is 0 Å². The van der Waals surface area contributed by atoms with E-state index in [0.29, 0.717) is 11.3 Å². The highest BCUT2D eigenvalue weighted by atomic mass is 16.6. The molecule has 23 heavy (non-hydrogen) atoms. The first kappa shape index (κ1) is 14.9. The molecular weight excluding hydrogens is 294 g/mol. The second kappa shape index (κ2) is 4.69. The molecule has 2 saturated heterocycles. The number of carbonyl (C=O) groups excluding carboxylic acids is 2. The minimum absolute atomic E-state index is 0.0802. The van der Waals surface area contributed by atoms with E-state index < -0.39 is 17.1 Å². The number of ether oxygens (including phenoxy) is 2. The summed E-state index contributed by atoms with van der Waals surface area (Å²) >= 11 is 0. The van der Waals surface area contributed by atoms with Gasteiger partial charge in [0.05, 0.1) is 18.2 Å². The molecule has 0 aromatic rings. The molecule has 5 nitrogen and oxygen atoms in total. The summed E-state index contributed by atoms with van der Waals surface area (Å²) in [6.07, 6.45) is 4.96. The highest BCUT2D eigenvalue weighted by Crippen LogP contribution is 2.60. The maximum absolute atomic E-state index is 13.3. The van der Waals surface area contributed by atoms with Crippen LogP contribution < -0.4 is 0 Å². The fourth-order valence-electron chi connectivity index (χ4n) is 5.37. The number of carbonyl (C=O) groups is 2. The standard InChI is InChI=1S/C18H23NO4/c1-11-13-7-4-5-9-19-10-6-8-17(13,19)18(14(11)20)15(22-3)12(2)16(21)23-18/h4-10H2,1-3H3/t17-,18+/m1/s1. The van der Waals surface area contributed by atoms with Crippen molar-refractivity contribution in [1.82, 2.24) is 4.90 Å². The Bertz CT molecular complexity index is 677. The van der Waals surface area contributed by atoms with E-state index in [1.54, 1.807) is 6.92 Å². The van der Waals surface area contributed by atoms with Crippen LogP contribution in [0.15, 0.2) is 22.5 Å². The Hall–Kier alpha value is -1.62. The normalized spacial score (nSPS) is 37.3. The minimum Gasteiger partial charge on any atom is -0.496 e. The van der Waals surface area contributed by atoms with Crippen molar-refractivity contribution < 1.29 is 19.1 Å². The Morgan fingerprint density at radius 3 is 2.57 bits per heavy atom. The maximum atomic E-state index is 13.3. The summed E-state index contributed by atoms with van der Waals surface area (Å²) in [5.41, 5.74) is 0.567. The highest BCUT2D eigenvalue weighted by Gasteiger charge is 2.74. The van der Waals surface area contributed by atoms with E-state index >= 15 is 0 Å². The molecule has 1 aliphatic carbocycles. The van der Waals surface area contributed by atoms with E-state index in [1.807, 2.05) is 6.92 Å². The van der Waals surface area contributed by atoms with Gasteiger partial charge in [-0.25, -0.2) is 4.79 Å². The third-order valence-electron chi connectivity index (χ3n) is 6.22. The Balaban J connectivity index is 2.02. The van der Waals surface area contributed by atoms with Crippen LogP contribution >= 0.6 is 0 Å². The molecule has 3 heterocycles. The number of Topliss-reactive ketones (excluding diaryl/α,β-unsaturated/α-hetero) is 1. The van der Waals surface area contributed by atoms with Crippen LogP contribution in [0.4, 0.5) is 0 Å². The lowest BCUT2D eigenvalue weighted by Gasteiger charge is -2.46. The fourth-order valence-corrected chi connectivity index (χ4v) is 5.37. The first-order chi connectivity index (χ1) is 11.0. The van der Waals surface area contributed by atoms with E-state index in [9.17, 15) is 9.59 Å². The average molecular weight is 317 g/mol. The van der Waals surface area contributed by atoms with E-state index in [2.05, 4.69) is 4.90 Å².